The van der Waals surface area contributed by atoms with Crippen LogP contribution in [-0.2, 0) is 4.79 Å². The molecule has 0 saturated carbocycles. The standard InChI is InChI=1S/C24H22Cl2N4O2/c1-15-22(24(31)29-12-10-18(14-29)32-17-5-3-2-4-6-17)23(30-21(28-15)9-11-27-30)16-7-8-19(25)20(26)13-16/h2-9,11,13,18,23,28H,10,12,14H2,1H3/t18-,23?/m0/s1. The van der Waals surface area contributed by atoms with Crippen LogP contribution in [0.5, 0.6) is 5.75 Å². The Kier molecular flexibility index (Phi) is 5.57. The maximum atomic E-state index is 13.7. The summed E-state index contributed by atoms with van der Waals surface area (Å²) in [6.45, 7) is 3.08. The second-order valence-corrected chi connectivity index (χ2v) is 8.81. The first-order valence-electron chi connectivity index (χ1n) is 10.5. The molecule has 1 aromatic heterocycles. The van der Waals surface area contributed by atoms with E-state index in [0.29, 0.717) is 28.7 Å². The molecule has 1 saturated heterocycles. The third-order valence-corrected chi connectivity index (χ3v) is 6.61. The lowest BCUT2D eigenvalue weighted by molar-refractivity contribution is -0.126. The van der Waals surface area contributed by atoms with Crippen LogP contribution in [0.25, 0.3) is 0 Å². The molecular weight excluding hydrogens is 447 g/mol. The second kappa shape index (κ2) is 8.52. The van der Waals surface area contributed by atoms with Crippen LogP contribution in [0.3, 0.4) is 0 Å². The van der Waals surface area contributed by atoms with Gasteiger partial charge in [0.2, 0.25) is 0 Å². The van der Waals surface area contributed by atoms with Crippen molar-refractivity contribution in [2.45, 2.75) is 25.5 Å². The maximum Gasteiger partial charge on any atom is 0.254 e. The number of allylic oxidation sites excluding steroid dienone is 1. The van der Waals surface area contributed by atoms with Crippen molar-refractivity contribution in [2.24, 2.45) is 0 Å². The number of hydrogen-bond donors (Lipinski definition) is 1. The summed E-state index contributed by atoms with van der Waals surface area (Å²) in [7, 11) is 0. The molecule has 5 rings (SSSR count). The Balaban J connectivity index is 1.44. The van der Waals surface area contributed by atoms with E-state index in [4.69, 9.17) is 27.9 Å². The molecule has 1 amide bonds. The topological polar surface area (TPSA) is 59.4 Å². The number of nitrogens with zero attached hydrogens (tertiary/aromatic N) is 3. The van der Waals surface area contributed by atoms with Crippen molar-refractivity contribution in [2.75, 3.05) is 18.4 Å². The van der Waals surface area contributed by atoms with E-state index in [1.165, 1.54) is 0 Å². The number of nitrogens with one attached hydrogen (secondary N) is 1. The number of hydrogen-bond acceptors (Lipinski definition) is 4. The highest BCUT2D eigenvalue weighted by atomic mass is 35.5. The van der Waals surface area contributed by atoms with Gasteiger partial charge in [0, 0.05) is 24.7 Å². The highest BCUT2D eigenvalue weighted by Gasteiger charge is 2.37. The number of ether oxygens (including phenoxy) is 1. The predicted octanol–water partition coefficient (Wildman–Crippen LogP) is 5.16. The quantitative estimate of drug-likeness (QED) is 0.574. The van der Waals surface area contributed by atoms with Gasteiger partial charge < -0.3 is 15.0 Å². The Morgan fingerprint density at radius 2 is 1.94 bits per heavy atom. The van der Waals surface area contributed by atoms with Crippen LogP contribution in [0.1, 0.15) is 24.9 Å². The van der Waals surface area contributed by atoms with Gasteiger partial charge in [0.1, 0.15) is 23.7 Å². The van der Waals surface area contributed by atoms with Crippen LogP contribution in [0.15, 0.2) is 72.1 Å². The number of likely N-dealkylation sites (tertiary alicyclic amines) is 1. The number of halogens is 2. The minimum absolute atomic E-state index is 0.0358. The fraction of sp³-hybridized carbons (Fsp3) is 0.250. The number of para-hydroxylation sites is 1. The molecular formula is C24H22Cl2N4O2. The summed E-state index contributed by atoms with van der Waals surface area (Å²) in [5.41, 5.74) is 2.29. The van der Waals surface area contributed by atoms with Gasteiger partial charge in [-0.05, 0) is 36.8 Å². The summed E-state index contributed by atoms with van der Waals surface area (Å²) in [6.07, 6.45) is 2.46. The summed E-state index contributed by atoms with van der Waals surface area (Å²) in [5, 5.41) is 8.71. The first-order valence-corrected chi connectivity index (χ1v) is 11.2. The van der Waals surface area contributed by atoms with E-state index in [2.05, 4.69) is 10.4 Å². The zero-order chi connectivity index (χ0) is 22.2. The molecule has 3 aromatic rings. The van der Waals surface area contributed by atoms with Crippen LogP contribution < -0.4 is 10.1 Å². The Morgan fingerprint density at radius 1 is 1.12 bits per heavy atom. The lowest BCUT2D eigenvalue weighted by Gasteiger charge is -2.32. The molecule has 164 valence electrons. The van der Waals surface area contributed by atoms with Crippen molar-refractivity contribution < 1.29 is 9.53 Å². The van der Waals surface area contributed by atoms with Crippen molar-refractivity contribution in [3.8, 4) is 5.75 Å². The monoisotopic (exact) mass is 468 g/mol. The highest BCUT2D eigenvalue weighted by molar-refractivity contribution is 6.42. The molecule has 8 heteroatoms. The predicted molar refractivity (Wildman–Crippen MR) is 125 cm³/mol. The molecule has 0 aliphatic carbocycles. The average molecular weight is 469 g/mol. The van der Waals surface area contributed by atoms with Crippen LogP contribution in [-0.4, -0.2) is 39.8 Å². The molecule has 1 N–H and O–H groups in total. The smallest absolute Gasteiger partial charge is 0.254 e. The number of anilines is 1. The molecule has 32 heavy (non-hydrogen) atoms. The lowest BCUT2D eigenvalue weighted by Crippen LogP contribution is -2.38. The molecule has 0 bridgehead atoms. The summed E-state index contributed by atoms with van der Waals surface area (Å²) in [4.78, 5) is 15.6. The zero-order valence-electron chi connectivity index (χ0n) is 17.5. The number of rotatable bonds is 4. The van der Waals surface area contributed by atoms with E-state index in [1.807, 2.05) is 59.0 Å². The van der Waals surface area contributed by atoms with Gasteiger partial charge in [0.25, 0.3) is 5.91 Å². The Bertz CT molecular complexity index is 1190. The van der Waals surface area contributed by atoms with E-state index >= 15 is 0 Å². The Morgan fingerprint density at radius 3 is 2.72 bits per heavy atom. The summed E-state index contributed by atoms with van der Waals surface area (Å²) in [6, 6.07) is 16.6. The number of benzene rings is 2. The van der Waals surface area contributed by atoms with Gasteiger partial charge in [0.15, 0.2) is 0 Å². The van der Waals surface area contributed by atoms with E-state index in [9.17, 15) is 4.79 Å². The van der Waals surface area contributed by atoms with Crippen molar-refractivity contribution in [1.29, 1.82) is 0 Å². The molecule has 0 radical (unpaired) electrons. The van der Waals surface area contributed by atoms with Gasteiger partial charge in [0.05, 0.1) is 28.4 Å². The molecule has 1 fully saturated rings. The molecule has 2 atom stereocenters. The number of carbonyl (C=O) groups is 1. The number of amides is 1. The number of carbonyl (C=O) groups excluding carboxylic acids is 1. The average Bonchev–Trinajstić information content (AvgIpc) is 3.44. The molecule has 2 aliphatic rings. The maximum absolute atomic E-state index is 13.7. The Hall–Kier alpha value is -2.96. The third-order valence-electron chi connectivity index (χ3n) is 5.88. The fourth-order valence-corrected chi connectivity index (χ4v) is 4.65. The van der Waals surface area contributed by atoms with E-state index < -0.39 is 6.04 Å². The molecule has 3 heterocycles. The van der Waals surface area contributed by atoms with Gasteiger partial charge in [-0.15, -0.1) is 0 Å². The summed E-state index contributed by atoms with van der Waals surface area (Å²) in [5.74, 6) is 1.60. The number of fused-ring (bicyclic) bond motifs is 1. The van der Waals surface area contributed by atoms with E-state index in [1.54, 1.807) is 18.3 Å². The lowest BCUT2D eigenvalue weighted by atomic mass is 9.94. The molecule has 2 aromatic carbocycles. The van der Waals surface area contributed by atoms with Crippen LogP contribution in [0.2, 0.25) is 10.0 Å². The largest absolute Gasteiger partial charge is 0.489 e. The summed E-state index contributed by atoms with van der Waals surface area (Å²) < 4.78 is 7.89. The fourth-order valence-electron chi connectivity index (χ4n) is 4.34. The van der Waals surface area contributed by atoms with Crippen molar-refractivity contribution in [3.63, 3.8) is 0 Å². The van der Waals surface area contributed by atoms with Crippen molar-refractivity contribution in [3.05, 3.63) is 87.7 Å². The third kappa shape index (κ3) is 3.85. The van der Waals surface area contributed by atoms with E-state index in [0.717, 1.165) is 29.2 Å². The first kappa shape index (κ1) is 20.9. The minimum atomic E-state index is -0.405. The summed E-state index contributed by atoms with van der Waals surface area (Å²) >= 11 is 12.5. The molecule has 6 nitrogen and oxygen atoms in total. The van der Waals surface area contributed by atoms with Crippen LogP contribution >= 0.6 is 23.2 Å². The molecule has 0 spiro atoms. The zero-order valence-corrected chi connectivity index (χ0v) is 19.0. The van der Waals surface area contributed by atoms with Gasteiger partial charge in [-0.25, -0.2) is 4.68 Å². The molecule has 1 unspecified atom stereocenters. The highest BCUT2D eigenvalue weighted by Crippen LogP contribution is 2.38. The van der Waals surface area contributed by atoms with E-state index in [-0.39, 0.29) is 12.0 Å². The Labute approximate surface area is 196 Å². The number of aromatic nitrogens is 2. The second-order valence-electron chi connectivity index (χ2n) is 7.99. The normalized spacial score (nSPS) is 20.2. The minimum Gasteiger partial charge on any atom is -0.489 e. The van der Waals surface area contributed by atoms with Crippen molar-refractivity contribution >= 4 is 34.9 Å². The van der Waals surface area contributed by atoms with Crippen LogP contribution in [0.4, 0.5) is 5.82 Å². The first-order chi connectivity index (χ1) is 15.5. The van der Waals surface area contributed by atoms with Gasteiger partial charge >= 0.3 is 0 Å². The van der Waals surface area contributed by atoms with Crippen molar-refractivity contribution in [1.82, 2.24) is 14.7 Å². The van der Waals surface area contributed by atoms with Crippen LogP contribution in [0, 0.1) is 0 Å². The van der Waals surface area contributed by atoms with Gasteiger partial charge in [-0.2, -0.15) is 5.10 Å². The molecule has 2 aliphatic heterocycles. The SMILES string of the molecule is CC1=C(C(=O)N2CC[C@H](Oc3ccccc3)C2)C(c2ccc(Cl)c(Cl)c2)n2nccc2N1. The van der Waals surface area contributed by atoms with Gasteiger partial charge in [-0.1, -0.05) is 47.5 Å². The van der Waals surface area contributed by atoms with Gasteiger partial charge in [-0.3, -0.25) is 4.79 Å².